The van der Waals surface area contributed by atoms with Crippen molar-refractivity contribution in [3.63, 3.8) is 0 Å². The zero-order chi connectivity index (χ0) is 22.2. The molecule has 6 nitrogen and oxygen atoms in total. The first-order chi connectivity index (χ1) is 14.9. The Labute approximate surface area is 185 Å². The van der Waals surface area contributed by atoms with Crippen LogP contribution >= 0.6 is 0 Å². The summed E-state index contributed by atoms with van der Waals surface area (Å²) in [6, 6.07) is 2.10. The van der Waals surface area contributed by atoms with E-state index in [4.69, 9.17) is 14.2 Å². The summed E-state index contributed by atoms with van der Waals surface area (Å²) < 4.78 is 17.1. The highest BCUT2D eigenvalue weighted by atomic mass is 16.7. The lowest BCUT2D eigenvalue weighted by Gasteiger charge is -2.37. The van der Waals surface area contributed by atoms with E-state index in [9.17, 15) is 5.21 Å². The second-order valence-corrected chi connectivity index (χ2v) is 9.57. The maximum atomic E-state index is 9.83. The van der Waals surface area contributed by atoms with Crippen LogP contribution in [0.4, 0.5) is 0 Å². The Morgan fingerprint density at radius 3 is 2.90 bits per heavy atom. The number of oxime groups is 1. The lowest BCUT2D eigenvalue weighted by atomic mass is 9.68. The van der Waals surface area contributed by atoms with Gasteiger partial charge in [-0.15, -0.1) is 0 Å². The second kappa shape index (κ2) is 8.58. The number of hydrogen-bond donors (Lipinski definition) is 1. The van der Waals surface area contributed by atoms with Gasteiger partial charge in [0.05, 0.1) is 12.8 Å². The zero-order valence-corrected chi connectivity index (χ0v) is 19.3. The average molecular weight is 427 g/mol. The molecule has 0 saturated carbocycles. The monoisotopic (exact) mass is 426 g/mol. The molecule has 6 heteroatoms. The summed E-state index contributed by atoms with van der Waals surface area (Å²) in [7, 11) is 3.78. The van der Waals surface area contributed by atoms with Crippen molar-refractivity contribution < 1.29 is 19.4 Å². The summed E-state index contributed by atoms with van der Waals surface area (Å²) in [5.41, 5.74) is 4.56. The van der Waals surface area contributed by atoms with E-state index in [1.54, 1.807) is 7.11 Å². The van der Waals surface area contributed by atoms with Gasteiger partial charge in [-0.2, -0.15) is 0 Å². The summed E-state index contributed by atoms with van der Waals surface area (Å²) in [4.78, 5) is 2.29. The first-order valence-electron chi connectivity index (χ1n) is 11.1. The zero-order valence-electron chi connectivity index (χ0n) is 19.3. The summed E-state index contributed by atoms with van der Waals surface area (Å²) in [5, 5.41) is 13.5. The maximum absolute atomic E-state index is 9.83. The van der Waals surface area contributed by atoms with Gasteiger partial charge >= 0.3 is 0 Å². The molecule has 0 saturated heterocycles. The van der Waals surface area contributed by atoms with Crippen molar-refractivity contribution >= 4 is 5.71 Å². The SMILES string of the molecule is COc1c2c(cc3c1[C@@H](CC(C=C[C@@H]1C(C)=CCCC1(C)C)=NO)N(C)CC3)OCO2. The summed E-state index contributed by atoms with van der Waals surface area (Å²) in [6.45, 7) is 7.95. The van der Waals surface area contributed by atoms with Crippen LogP contribution in [0.25, 0.3) is 0 Å². The number of ether oxygens (including phenoxy) is 3. The van der Waals surface area contributed by atoms with Crippen LogP contribution < -0.4 is 14.2 Å². The number of methoxy groups -OCH3 is 1. The quantitative estimate of drug-likeness (QED) is 0.307. The van der Waals surface area contributed by atoms with Gasteiger partial charge in [0.1, 0.15) is 0 Å². The maximum Gasteiger partial charge on any atom is 0.231 e. The first kappa shape index (κ1) is 21.8. The highest BCUT2D eigenvalue weighted by Crippen LogP contribution is 2.50. The van der Waals surface area contributed by atoms with Crippen molar-refractivity contribution in [1.29, 1.82) is 0 Å². The molecule has 0 amide bonds. The largest absolute Gasteiger partial charge is 0.492 e. The molecule has 1 N–H and O–H groups in total. The molecule has 0 radical (unpaired) electrons. The highest BCUT2D eigenvalue weighted by Gasteiger charge is 2.35. The van der Waals surface area contributed by atoms with Crippen LogP contribution in [0.1, 0.15) is 57.2 Å². The molecule has 3 aliphatic rings. The van der Waals surface area contributed by atoms with E-state index >= 15 is 0 Å². The van der Waals surface area contributed by atoms with Gasteiger partial charge in [-0.05, 0) is 56.4 Å². The van der Waals surface area contributed by atoms with Crippen LogP contribution in [0.5, 0.6) is 17.2 Å². The molecule has 1 aromatic rings. The van der Waals surface area contributed by atoms with E-state index in [1.165, 1.54) is 11.1 Å². The van der Waals surface area contributed by atoms with Crippen LogP contribution in [0.15, 0.2) is 35.0 Å². The number of benzene rings is 1. The number of rotatable bonds is 5. The molecule has 31 heavy (non-hydrogen) atoms. The van der Waals surface area contributed by atoms with Gasteiger partial charge in [-0.1, -0.05) is 36.7 Å². The molecule has 0 fully saturated rings. The predicted molar refractivity (Wildman–Crippen MR) is 121 cm³/mol. The van der Waals surface area contributed by atoms with Gasteiger partial charge in [0.2, 0.25) is 12.5 Å². The van der Waals surface area contributed by atoms with Crippen molar-refractivity contribution in [3.8, 4) is 17.2 Å². The fourth-order valence-electron chi connectivity index (χ4n) is 5.31. The number of nitrogens with zero attached hydrogens (tertiary/aromatic N) is 2. The van der Waals surface area contributed by atoms with Crippen LogP contribution in [0, 0.1) is 11.3 Å². The van der Waals surface area contributed by atoms with Gasteiger partial charge in [-0.3, -0.25) is 4.90 Å². The molecular formula is C25H34N2O4. The molecule has 0 bridgehead atoms. The van der Waals surface area contributed by atoms with E-state index in [0.29, 0.717) is 23.8 Å². The van der Waals surface area contributed by atoms with Crippen molar-refractivity contribution in [2.24, 2.45) is 16.5 Å². The molecule has 168 valence electrons. The first-order valence-corrected chi connectivity index (χ1v) is 11.1. The van der Waals surface area contributed by atoms with E-state index in [2.05, 4.69) is 56.1 Å². The summed E-state index contributed by atoms with van der Waals surface area (Å²) in [6.07, 6.45) is 10.3. The minimum absolute atomic E-state index is 0.0276. The minimum Gasteiger partial charge on any atom is -0.492 e. The van der Waals surface area contributed by atoms with Crippen LogP contribution in [0.2, 0.25) is 0 Å². The molecule has 2 atom stereocenters. The third-order valence-electron chi connectivity index (χ3n) is 7.15. The van der Waals surface area contributed by atoms with Crippen LogP contribution in [0.3, 0.4) is 0 Å². The van der Waals surface area contributed by atoms with E-state index < -0.39 is 0 Å². The molecular weight excluding hydrogens is 392 g/mol. The Balaban J connectivity index is 1.63. The van der Waals surface area contributed by atoms with Crippen molar-refractivity contribution in [2.75, 3.05) is 27.5 Å². The van der Waals surface area contributed by atoms with Crippen LogP contribution in [-0.4, -0.2) is 43.3 Å². The molecule has 0 unspecified atom stereocenters. The number of likely N-dealkylation sites (N-methyl/N-ethyl adjacent to an activating group) is 1. The average Bonchev–Trinajstić information content (AvgIpc) is 3.20. The van der Waals surface area contributed by atoms with E-state index in [1.807, 2.05) is 6.08 Å². The molecule has 4 rings (SSSR count). The number of fused-ring (bicyclic) bond motifs is 2. The lowest BCUT2D eigenvalue weighted by molar-refractivity contribution is 0.170. The Morgan fingerprint density at radius 2 is 2.19 bits per heavy atom. The molecule has 1 aromatic carbocycles. The molecule has 2 aliphatic heterocycles. The van der Waals surface area contributed by atoms with Crippen molar-refractivity contribution in [1.82, 2.24) is 4.90 Å². The number of allylic oxidation sites excluding steroid dienone is 4. The smallest absolute Gasteiger partial charge is 0.231 e. The van der Waals surface area contributed by atoms with E-state index in [0.717, 1.165) is 42.9 Å². The van der Waals surface area contributed by atoms with Gasteiger partial charge in [0.25, 0.3) is 0 Å². The van der Waals surface area contributed by atoms with E-state index in [-0.39, 0.29) is 18.2 Å². The van der Waals surface area contributed by atoms with Gasteiger partial charge in [-0.25, -0.2) is 0 Å². The Hall–Kier alpha value is -2.47. The molecule has 0 spiro atoms. The normalized spacial score (nSPS) is 25.5. The molecule has 1 aliphatic carbocycles. The second-order valence-electron chi connectivity index (χ2n) is 9.57. The summed E-state index contributed by atoms with van der Waals surface area (Å²) in [5.74, 6) is 2.49. The highest BCUT2D eigenvalue weighted by molar-refractivity contribution is 5.95. The topological polar surface area (TPSA) is 63.5 Å². The fourth-order valence-corrected chi connectivity index (χ4v) is 5.31. The third-order valence-corrected chi connectivity index (χ3v) is 7.15. The minimum atomic E-state index is 0.0276. The Morgan fingerprint density at radius 1 is 1.39 bits per heavy atom. The third kappa shape index (κ3) is 4.05. The molecule has 2 heterocycles. The fraction of sp³-hybridized carbons (Fsp3) is 0.560. The van der Waals surface area contributed by atoms with Gasteiger partial charge < -0.3 is 19.4 Å². The van der Waals surface area contributed by atoms with Crippen LogP contribution in [-0.2, 0) is 6.42 Å². The van der Waals surface area contributed by atoms with Crippen molar-refractivity contribution in [3.05, 3.63) is 41.0 Å². The Bertz CT molecular complexity index is 932. The van der Waals surface area contributed by atoms with Gasteiger partial charge in [0, 0.05) is 30.5 Å². The molecule has 0 aromatic heterocycles. The van der Waals surface area contributed by atoms with Crippen molar-refractivity contribution in [2.45, 2.75) is 52.5 Å². The Kier molecular flexibility index (Phi) is 6.02. The predicted octanol–water partition coefficient (Wildman–Crippen LogP) is 5.11. The summed E-state index contributed by atoms with van der Waals surface area (Å²) >= 11 is 0. The number of hydrogen-bond acceptors (Lipinski definition) is 6. The lowest BCUT2D eigenvalue weighted by Crippen LogP contribution is -2.34. The standard InChI is InChI=1S/C25H34N2O4/c1-16-7-6-11-25(2,3)19(16)9-8-18(26-28)14-20-22-17(10-12-27(20)4)13-21-23(24(22)29-5)31-15-30-21/h7-9,13,19-20,28H,6,10-12,14-15H2,1-5H3/t19-,20-/m1/s1. The van der Waals surface area contributed by atoms with Gasteiger partial charge in [0.15, 0.2) is 11.5 Å².